The van der Waals surface area contributed by atoms with E-state index in [9.17, 15) is 14.4 Å². The zero-order valence-electron chi connectivity index (χ0n) is 16.7. The lowest BCUT2D eigenvalue weighted by Crippen LogP contribution is -2.25. The van der Waals surface area contributed by atoms with Crippen LogP contribution in [0.2, 0.25) is 0 Å². The number of rotatable bonds is 10. The Balaban J connectivity index is 1.31. The summed E-state index contributed by atoms with van der Waals surface area (Å²) >= 11 is 1.44. The molecule has 0 unspecified atom stereocenters. The predicted molar refractivity (Wildman–Crippen MR) is 118 cm³/mol. The Hall–Kier alpha value is -3.65. The van der Waals surface area contributed by atoms with Crippen LogP contribution in [0.3, 0.4) is 0 Å². The second kappa shape index (κ2) is 11.5. The summed E-state index contributed by atoms with van der Waals surface area (Å²) in [5, 5.41) is 8.97. The fourth-order valence-corrected chi connectivity index (χ4v) is 3.21. The molecule has 2 N–H and O–H groups in total. The zero-order valence-corrected chi connectivity index (χ0v) is 17.5. The van der Waals surface area contributed by atoms with Crippen molar-refractivity contribution in [2.75, 3.05) is 18.5 Å². The molecule has 1 aromatic heterocycles. The summed E-state index contributed by atoms with van der Waals surface area (Å²) in [6.07, 6.45) is 0.544. The number of para-hydroxylation sites is 1. The molecule has 0 atom stereocenters. The predicted octanol–water partition coefficient (Wildman–Crippen LogP) is 4.23. The first-order chi connectivity index (χ1) is 15.1. The number of hydrogen-bond donors (Lipinski definition) is 2. The molecule has 0 saturated carbocycles. The Morgan fingerprint density at radius 2 is 1.65 bits per heavy atom. The molecule has 0 saturated heterocycles. The number of amides is 2. The van der Waals surface area contributed by atoms with Crippen LogP contribution in [0.4, 0.5) is 5.69 Å². The number of benzene rings is 2. The zero-order chi connectivity index (χ0) is 21.9. The molecule has 3 aromatic rings. The van der Waals surface area contributed by atoms with E-state index in [4.69, 9.17) is 9.47 Å². The van der Waals surface area contributed by atoms with E-state index in [0.717, 1.165) is 5.75 Å². The third-order valence-corrected chi connectivity index (χ3v) is 4.79. The van der Waals surface area contributed by atoms with Crippen molar-refractivity contribution in [3.05, 3.63) is 77.0 Å². The Bertz CT molecular complexity index is 989. The van der Waals surface area contributed by atoms with Gasteiger partial charge in [0.25, 0.3) is 11.8 Å². The molecule has 3 rings (SSSR count). The smallest absolute Gasteiger partial charge is 0.306 e. The normalized spacial score (nSPS) is 10.2. The first kappa shape index (κ1) is 22.0. The van der Waals surface area contributed by atoms with Crippen molar-refractivity contribution in [3.8, 4) is 11.5 Å². The minimum absolute atomic E-state index is 0.114. The highest BCUT2D eigenvalue weighted by molar-refractivity contribution is 7.08. The van der Waals surface area contributed by atoms with Gasteiger partial charge < -0.3 is 20.1 Å². The summed E-state index contributed by atoms with van der Waals surface area (Å²) in [7, 11) is 0. The molecule has 31 heavy (non-hydrogen) atoms. The standard InChI is InChI=1S/C23H22N2O5S/c26-21(15-29-22(27)7-4-13-24-23(28)17-12-14-31-16-17)25-18-8-10-20(11-9-18)30-19-5-2-1-3-6-19/h1-3,5-6,8-12,14,16H,4,7,13,15H2,(H,24,28)(H,25,26). The van der Waals surface area contributed by atoms with Gasteiger partial charge in [-0.3, -0.25) is 14.4 Å². The number of thiophene rings is 1. The lowest BCUT2D eigenvalue weighted by Gasteiger charge is -2.09. The van der Waals surface area contributed by atoms with Gasteiger partial charge >= 0.3 is 5.97 Å². The number of nitrogens with one attached hydrogen (secondary N) is 2. The Kier molecular flexibility index (Phi) is 8.19. The van der Waals surface area contributed by atoms with Gasteiger partial charge in [-0.1, -0.05) is 18.2 Å². The van der Waals surface area contributed by atoms with E-state index >= 15 is 0 Å². The lowest BCUT2D eigenvalue weighted by molar-refractivity contribution is -0.147. The maximum atomic E-state index is 12.0. The van der Waals surface area contributed by atoms with Gasteiger partial charge in [-0.15, -0.1) is 0 Å². The molecule has 7 nitrogen and oxygen atoms in total. The van der Waals surface area contributed by atoms with Crippen LogP contribution in [0.15, 0.2) is 71.4 Å². The average Bonchev–Trinajstić information content (AvgIpc) is 3.32. The van der Waals surface area contributed by atoms with E-state index in [-0.39, 0.29) is 18.9 Å². The Morgan fingerprint density at radius 1 is 0.903 bits per heavy atom. The van der Waals surface area contributed by atoms with Gasteiger partial charge in [0.1, 0.15) is 11.5 Å². The maximum Gasteiger partial charge on any atom is 0.306 e. The van der Waals surface area contributed by atoms with Gasteiger partial charge in [0.05, 0.1) is 0 Å². The molecule has 0 aliphatic carbocycles. The Labute approximate surface area is 184 Å². The molecule has 0 aliphatic heterocycles. The number of ether oxygens (including phenoxy) is 2. The van der Waals surface area contributed by atoms with Gasteiger partial charge in [0.15, 0.2) is 6.61 Å². The van der Waals surface area contributed by atoms with E-state index in [0.29, 0.717) is 30.0 Å². The van der Waals surface area contributed by atoms with Crippen molar-refractivity contribution in [1.29, 1.82) is 0 Å². The summed E-state index contributed by atoms with van der Waals surface area (Å²) in [6, 6.07) is 18.0. The van der Waals surface area contributed by atoms with Crippen molar-refractivity contribution >= 4 is 34.8 Å². The lowest BCUT2D eigenvalue weighted by atomic mass is 10.3. The van der Waals surface area contributed by atoms with Gasteiger partial charge in [-0.2, -0.15) is 11.3 Å². The number of carbonyl (C=O) groups is 3. The molecule has 2 aromatic carbocycles. The van der Waals surface area contributed by atoms with Gasteiger partial charge in [0.2, 0.25) is 0 Å². The molecule has 0 fully saturated rings. The fraction of sp³-hybridized carbons (Fsp3) is 0.174. The van der Waals surface area contributed by atoms with Crippen molar-refractivity contribution in [1.82, 2.24) is 5.32 Å². The molecule has 0 bridgehead atoms. The molecular weight excluding hydrogens is 416 g/mol. The van der Waals surface area contributed by atoms with E-state index < -0.39 is 11.9 Å². The van der Waals surface area contributed by atoms with Crippen LogP contribution in [0.5, 0.6) is 11.5 Å². The van der Waals surface area contributed by atoms with Gasteiger partial charge in [-0.05, 0) is 54.3 Å². The van der Waals surface area contributed by atoms with Crippen molar-refractivity contribution in [2.24, 2.45) is 0 Å². The molecule has 8 heteroatoms. The first-order valence-electron chi connectivity index (χ1n) is 9.69. The molecule has 2 amide bonds. The first-order valence-corrected chi connectivity index (χ1v) is 10.6. The minimum atomic E-state index is -0.494. The quantitative estimate of drug-likeness (QED) is 0.365. The largest absolute Gasteiger partial charge is 0.457 e. The summed E-state index contributed by atoms with van der Waals surface area (Å²) in [4.78, 5) is 35.5. The van der Waals surface area contributed by atoms with Crippen molar-refractivity contribution in [2.45, 2.75) is 12.8 Å². The van der Waals surface area contributed by atoms with Gasteiger partial charge in [0, 0.05) is 29.6 Å². The van der Waals surface area contributed by atoms with E-state index in [1.54, 1.807) is 35.7 Å². The summed E-state index contributed by atoms with van der Waals surface area (Å²) in [6.45, 7) is -0.0181. The third-order valence-electron chi connectivity index (χ3n) is 4.11. The van der Waals surface area contributed by atoms with Crippen LogP contribution >= 0.6 is 11.3 Å². The van der Waals surface area contributed by atoms with Crippen molar-refractivity contribution in [3.63, 3.8) is 0 Å². The minimum Gasteiger partial charge on any atom is -0.457 e. The van der Waals surface area contributed by atoms with Crippen molar-refractivity contribution < 1.29 is 23.9 Å². The Morgan fingerprint density at radius 3 is 2.35 bits per heavy atom. The second-order valence-electron chi connectivity index (χ2n) is 6.52. The number of esters is 1. The number of hydrogen-bond acceptors (Lipinski definition) is 6. The molecule has 0 spiro atoms. The van der Waals surface area contributed by atoms with Crippen LogP contribution in [-0.2, 0) is 14.3 Å². The molecule has 160 valence electrons. The molecule has 0 aliphatic rings. The van der Waals surface area contributed by atoms with E-state index in [2.05, 4.69) is 10.6 Å². The van der Waals surface area contributed by atoms with Crippen LogP contribution in [0.25, 0.3) is 0 Å². The fourth-order valence-electron chi connectivity index (χ4n) is 2.58. The number of anilines is 1. The summed E-state index contributed by atoms with van der Waals surface area (Å²) in [5.74, 6) is 0.260. The molecule has 1 heterocycles. The van der Waals surface area contributed by atoms with Crippen LogP contribution in [-0.4, -0.2) is 30.9 Å². The van der Waals surface area contributed by atoms with Crippen LogP contribution in [0.1, 0.15) is 23.2 Å². The van der Waals surface area contributed by atoms with Gasteiger partial charge in [-0.25, -0.2) is 0 Å². The van der Waals surface area contributed by atoms with Crippen LogP contribution in [0, 0.1) is 0 Å². The summed E-state index contributed by atoms with van der Waals surface area (Å²) in [5.41, 5.74) is 1.17. The summed E-state index contributed by atoms with van der Waals surface area (Å²) < 4.78 is 10.7. The average molecular weight is 439 g/mol. The van der Waals surface area contributed by atoms with E-state index in [1.165, 1.54) is 11.3 Å². The monoisotopic (exact) mass is 438 g/mol. The SMILES string of the molecule is O=C(COC(=O)CCCNC(=O)c1ccsc1)Nc1ccc(Oc2ccccc2)cc1. The third kappa shape index (κ3) is 7.60. The second-order valence-corrected chi connectivity index (χ2v) is 7.30. The highest BCUT2D eigenvalue weighted by atomic mass is 32.1. The highest BCUT2D eigenvalue weighted by Gasteiger charge is 2.09. The number of carbonyl (C=O) groups excluding carboxylic acids is 3. The van der Waals surface area contributed by atoms with E-state index in [1.807, 2.05) is 35.7 Å². The molecular formula is C23H22N2O5S. The van der Waals surface area contributed by atoms with Crippen LogP contribution < -0.4 is 15.4 Å². The topological polar surface area (TPSA) is 93.7 Å². The highest BCUT2D eigenvalue weighted by Crippen LogP contribution is 2.22. The molecule has 0 radical (unpaired) electrons. The maximum absolute atomic E-state index is 12.0.